The molecule has 0 amide bonds. The van der Waals surface area contributed by atoms with Gasteiger partial charge in [-0.1, -0.05) is 23.7 Å². The number of nitrogens with zero attached hydrogens (tertiary/aromatic N) is 1. The molecule has 0 radical (unpaired) electrons. The van der Waals surface area contributed by atoms with E-state index in [9.17, 15) is 4.79 Å². The zero-order valence-electron chi connectivity index (χ0n) is 11.0. The highest BCUT2D eigenvalue weighted by atomic mass is 35.5. The van der Waals surface area contributed by atoms with E-state index in [0.717, 1.165) is 23.2 Å². The SMILES string of the molecule is Cc1cc(C=O)c(C)n1CCOc1ccccc1Cl. The van der Waals surface area contributed by atoms with E-state index in [1.54, 1.807) is 6.07 Å². The highest BCUT2D eigenvalue weighted by Gasteiger charge is 2.08. The Kier molecular flexibility index (Phi) is 4.27. The number of aldehydes is 1. The number of ether oxygens (including phenoxy) is 1. The van der Waals surface area contributed by atoms with Gasteiger partial charge >= 0.3 is 0 Å². The Balaban J connectivity index is 2.02. The zero-order valence-corrected chi connectivity index (χ0v) is 11.8. The lowest BCUT2D eigenvalue weighted by Gasteiger charge is -2.11. The minimum Gasteiger partial charge on any atom is -0.490 e. The summed E-state index contributed by atoms with van der Waals surface area (Å²) < 4.78 is 7.72. The highest BCUT2D eigenvalue weighted by Crippen LogP contribution is 2.23. The summed E-state index contributed by atoms with van der Waals surface area (Å²) in [5, 5.41) is 0.608. The van der Waals surface area contributed by atoms with Gasteiger partial charge in [0.25, 0.3) is 0 Å². The number of rotatable bonds is 5. The molecule has 0 spiro atoms. The van der Waals surface area contributed by atoms with Crippen LogP contribution >= 0.6 is 11.6 Å². The van der Waals surface area contributed by atoms with Crippen molar-refractivity contribution in [3.05, 3.63) is 52.3 Å². The molecule has 1 heterocycles. The first-order valence-corrected chi connectivity index (χ1v) is 6.50. The predicted molar refractivity (Wildman–Crippen MR) is 76.2 cm³/mol. The van der Waals surface area contributed by atoms with Crippen LogP contribution in [0.5, 0.6) is 5.75 Å². The monoisotopic (exact) mass is 277 g/mol. The largest absolute Gasteiger partial charge is 0.490 e. The van der Waals surface area contributed by atoms with Crippen molar-refractivity contribution in [2.24, 2.45) is 0 Å². The minimum atomic E-state index is 0.512. The third kappa shape index (κ3) is 2.99. The maximum atomic E-state index is 10.9. The van der Waals surface area contributed by atoms with Gasteiger partial charge in [-0.2, -0.15) is 0 Å². The summed E-state index contributed by atoms with van der Waals surface area (Å²) >= 11 is 6.02. The van der Waals surface area contributed by atoms with Crippen molar-refractivity contribution in [3.8, 4) is 5.75 Å². The molecule has 4 heteroatoms. The van der Waals surface area contributed by atoms with Gasteiger partial charge in [-0.3, -0.25) is 4.79 Å². The van der Waals surface area contributed by atoms with Crippen molar-refractivity contribution in [3.63, 3.8) is 0 Å². The second-order valence-electron chi connectivity index (χ2n) is 4.37. The Bertz CT molecular complexity index is 590. The molecule has 0 N–H and O–H groups in total. The van der Waals surface area contributed by atoms with Gasteiger partial charge in [-0.25, -0.2) is 0 Å². The van der Waals surface area contributed by atoms with Gasteiger partial charge in [0.15, 0.2) is 6.29 Å². The van der Waals surface area contributed by atoms with E-state index in [4.69, 9.17) is 16.3 Å². The molecule has 0 aliphatic carbocycles. The van der Waals surface area contributed by atoms with Gasteiger partial charge in [0.05, 0.1) is 11.6 Å². The molecule has 0 atom stereocenters. The summed E-state index contributed by atoms with van der Waals surface area (Å²) in [6, 6.07) is 9.28. The van der Waals surface area contributed by atoms with Crippen molar-refractivity contribution >= 4 is 17.9 Å². The van der Waals surface area contributed by atoms with Crippen molar-refractivity contribution in [1.29, 1.82) is 0 Å². The lowest BCUT2D eigenvalue weighted by atomic mass is 10.3. The quantitative estimate of drug-likeness (QED) is 0.781. The van der Waals surface area contributed by atoms with Gasteiger partial charge in [-0.15, -0.1) is 0 Å². The first kappa shape index (κ1) is 13.7. The van der Waals surface area contributed by atoms with Crippen LogP contribution < -0.4 is 4.74 Å². The maximum Gasteiger partial charge on any atom is 0.151 e. The number of carbonyl (C=O) groups excluding carboxylic acids is 1. The minimum absolute atomic E-state index is 0.512. The summed E-state index contributed by atoms with van der Waals surface area (Å²) in [6.07, 6.45) is 0.883. The smallest absolute Gasteiger partial charge is 0.151 e. The van der Waals surface area contributed by atoms with Crippen LogP contribution in [0.3, 0.4) is 0 Å². The standard InChI is InChI=1S/C15H16ClNO2/c1-11-9-13(10-18)12(2)17(11)7-8-19-15-6-4-3-5-14(15)16/h3-6,9-10H,7-8H2,1-2H3. The fourth-order valence-electron chi connectivity index (χ4n) is 2.10. The van der Waals surface area contributed by atoms with Crippen LogP contribution in [0.25, 0.3) is 0 Å². The van der Waals surface area contributed by atoms with Gasteiger partial charge in [-0.05, 0) is 32.0 Å². The van der Waals surface area contributed by atoms with E-state index >= 15 is 0 Å². The zero-order chi connectivity index (χ0) is 13.8. The van der Waals surface area contributed by atoms with E-state index in [0.29, 0.717) is 23.9 Å². The van der Waals surface area contributed by atoms with E-state index in [1.807, 2.05) is 38.1 Å². The number of para-hydroxylation sites is 1. The van der Waals surface area contributed by atoms with E-state index in [2.05, 4.69) is 4.57 Å². The van der Waals surface area contributed by atoms with Crippen LogP contribution in [-0.4, -0.2) is 17.5 Å². The maximum absolute atomic E-state index is 10.9. The molecule has 0 unspecified atom stereocenters. The normalized spacial score (nSPS) is 10.5. The van der Waals surface area contributed by atoms with E-state index < -0.39 is 0 Å². The lowest BCUT2D eigenvalue weighted by molar-refractivity contribution is 0.112. The first-order chi connectivity index (χ1) is 9.13. The summed E-state index contributed by atoms with van der Waals surface area (Å²) in [5.41, 5.74) is 2.76. The molecule has 3 nitrogen and oxygen atoms in total. The third-order valence-corrected chi connectivity index (χ3v) is 3.46. The predicted octanol–water partition coefficient (Wildman–Crippen LogP) is 3.65. The molecule has 2 rings (SSSR count). The van der Waals surface area contributed by atoms with Crippen molar-refractivity contribution in [1.82, 2.24) is 4.57 Å². The number of aromatic nitrogens is 1. The molecule has 2 aromatic rings. The molecule has 100 valence electrons. The fourth-order valence-corrected chi connectivity index (χ4v) is 2.29. The Morgan fingerprint density at radius 3 is 2.68 bits per heavy atom. The molecule has 0 fully saturated rings. The van der Waals surface area contributed by atoms with Crippen LogP contribution in [0.1, 0.15) is 21.7 Å². The molecule has 0 aliphatic heterocycles. The van der Waals surface area contributed by atoms with E-state index in [-0.39, 0.29) is 0 Å². The molecule has 19 heavy (non-hydrogen) atoms. The molecule has 0 bridgehead atoms. The number of carbonyl (C=O) groups is 1. The third-order valence-electron chi connectivity index (χ3n) is 3.15. The number of benzene rings is 1. The second kappa shape index (κ2) is 5.93. The van der Waals surface area contributed by atoms with Crippen LogP contribution in [0, 0.1) is 13.8 Å². The Morgan fingerprint density at radius 2 is 2.05 bits per heavy atom. The van der Waals surface area contributed by atoms with Crippen LogP contribution in [-0.2, 0) is 6.54 Å². The molecule has 0 saturated carbocycles. The topological polar surface area (TPSA) is 31.2 Å². The molecular formula is C15H16ClNO2. The Morgan fingerprint density at radius 1 is 1.32 bits per heavy atom. The molecule has 0 aliphatic rings. The fraction of sp³-hybridized carbons (Fsp3) is 0.267. The van der Waals surface area contributed by atoms with Crippen molar-refractivity contribution in [2.75, 3.05) is 6.61 Å². The van der Waals surface area contributed by atoms with Gasteiger partial charge in [0.1, 0.15) is 12.4 Å². The first-order valence-electron chi connectivity index (χ1n) is 6.12. The molecule has 0 saturated heterocycles. The van der Waals surface area contributed by atoms with E-state index in [1.165, 1.54) is 0 Å². The Labute approximate surface area is 117 Å². The summed E-state index contributed by atoms with van der Waals surface area (Å²) in [7, 11) is 0. The van der Waals surface area contributed by atoms with Crippen LogP contribution in [0.4, 0.5) is 0 Å². The summed E-state index contributed by atoms with van der Waals surface area (Å²) in [5.74, 6) is 0.683. The van der Waals surface area contributed by atoms with Crippen molar-refractivity contribution in [2.45, 2.75) is 20.4 Å². The summed E-state index contributed by atoms with van der Waals surface area (Å²) in [6.45, 7) is 5.12. The highest BCUT2D eigenvalue weighted by molar-refractivity contribution is 6.32. The van der Waals surface area contributed by atoms with Crippen LogP contribution in [0.15, 0.2) is 30.3 Å². The average molecular weight is 278 g/mol. The van der Waals surface area contributed by atoms with Gasteiger partial charge in [0, 0.05) is 17.0 Å². The average Bonchev–Trinajstić information content (AvgIpc) is 2.68. The van der Waals surface area contributed by atoms with Crippen LogP contribution in [0.2, 0.25) is 5.02 Å². The number of hydrogen-bond acceptors (Lipinski definition) is 2. The lowest BCUT2D eigenvalue weighted by Crippen LogP contribution is -2.11. The molecule has 1 aromatic heterocycles. The number of hydrogen-bond donors (Lipinski definition) is 0. The number of halogens is 1. The number of aryl methyl sites for hydroxylation is 1. The Hall–Kier alpha value is -1.74. The molecular weight excluding hydrogens is 262 g/mol. The second-order valence-corrected chi connectivity index (χ2v) is 4.78. The van der Waals surface area contributed by atoms with Crippen molar-refractivity contribution < 1.29 is 9.53 Å². The van der Waals surface area contributed by atoms with Gasteiger partial charge < -0.3 is 9.30 Å². The van der Waals surface area contributed by atoms with Gasteiger partial charge in [0.2, 0.25) is 0 Å². The molecule has 1 aromatic carbocycles. The summed E-state index contributed by atoms with van der Waals surface area (Å²) in [4.78, 5) is 10.9.